The molecule has 2 nitrogen and oxygen atoms in total. The Labute approximate surface area is 55.1 Å². The summed E-state index contributed by atoms with van der Waals surface area (Å²) in [6, 6.07) is 3.77. The van der Waals surface area contributed by atoms with Gasteiger partial charge in [0.1, 0.15) is 0 Å². The Morgan fingerprint density at radius 1 is 1.56 bits per heavy atom. The highest BCUT2D eigenvalue weighted by molar-refractivity contribution is 5.40. The predicted octanol–water partition coefficient (Wildman–Crippen LogP) is 0.948. The maximum atomic E-state index is 3.84. The molecule has 0 aliphatic heterocycles. The topological polar surface area (TPSA) is 16.1 Å². The average Bonchev–Trinajstić information content (AvgIpc) is 1.90. The van der Waals surface area contributed by atoms with Gasteiger partial charge in [-0.15, -0.1) is 0 Å². The van der Waals surface area contributed by atoms with E-state index in [1.165, 1.54) is 0 Å². The second-order valence-electron chi connectivity index (χ2n) is 2.04. The van der Waals surface area contributed by atoms with Crippen molar-refractivity contribution in [2.45, 2.75) is 0 Å². The van der Waals surface area contributed by atoms with Crippen LogP contribution in [0.15, 0.2) is 18.3 Å². The molecule has 0 unspecified atom stereocenters. The molecular formula is C7H9N2. The molecule has 0 spiro atoms. The molecule has 0 aliphatic rings. The first kappa shape index (κ1) is 6.08. The Morgan fingerprint density at radius 3 is 2.67 bits per heavy atom. The van der Waals surface area contributed by atoms with E-state index in [1.807, 2.05) is 25.1 Å². The lowest BCUT2D eigenvalue weighted by Gasteiger charge is -2.09. The van der Waals surface area contributed by atoms with Gasteiger partial charge in [0.05, 0.1) is 18.1 Å². The van der Waals surface area contributed by atoms with Crippen LogP contribution in [0.25, 0.3) is 0 Å². The lowest BCUT2D eigenvalue weighted by molar-refractivity contribution is 1.11. The first-order valence-electron chi connectivity index (χ1n) is 2.80. The van der Waals surface area contributed by atoms with Crippen LogP contribution in [0.3, 0.4) is 0 Å². The molecule has 0 aliphatic carbocycles. The summed E-state index contributed by atoms with van der Waals surface area (Å²) in [4.78, 5) is 5.84. The normalized spacial score (nSPS) is 9.11. The molecule has 0 saturated carbocycles. The summed E-state index contributed by atoms with van der Waals surface area (Å²) in [6.07, 6.45) is 4.49. The van der Waals surface area contributed by atoms with Gasteiger partial charge in [-0.05, 0) is 12.1 Å². The van der Waals surface area contributed by atoms with E-state index in [0.29, 0.717) is 0 Å². The van der Waals surface area contributed by atoms with Crippen molar-refractivity contribution in [3.63, 3.8) is 0 Å². The SMILES string of the molecule is CN(C)c1cc[c]nc1. The molecular weight excluding hydrogens is 112 g/mol. The summed E-state index contributed by atoms with van der Waals surface area (Å²) in [5.74, 6) is 0. The molecule has 0 N–H and O–H groups in total. The van der Waals surface area contributed by atoms with Crippen LogP contribution in [0.2, 0.25) is 0 Å². The molecule has 1 aromatic heterocycles. The van der Waals surface area contributed by atoms with E-state index in [1.54, 1.807) is 12.3 Å². The Morgan fingerprint density at radius 2 is 2.33 bits per heavy atom. The van der Waals surface area contributed by atoms with Crippen LogP contribution in [-0.2, 0) is 0 Å². The first-order chi connectivity index (χ1) is 4.30. The lowest BCUT2D eigenvalue weighted by atomic mass is 10.4. The summed E-state index contributed by atoms with van der Waals surface area (Å²) in [6.45, 7) is 0. The molecule has 1 heterocycles. The van der Waals surface area contributed by atoms with Gasteiger partial charge >= 0.3 is 0 Å². The zero-order chi connectivity index (χ0) is 6.69. The summed E-state index contributed by atoms with van der Waals surface area (Å²) >= 11 is 0. The number of nitrogens with zero attached hydrogens (tertiary/aromatic N) is 2. The van der Waals surface area contributed by atoms with Crippen LogP contribution < -0.4 is 4.90 Å². The molecule has 1 radical (unpaired) electrons. The van der Waals surface area contributed by atoms with Gasteiger partial charge in [-0.3, -0.25) is 4.98 Å². The second kappa shape index (κ2) is 2.49. The zero-order valence-electron chi connectivity index (χ0n) is 5.63. The molecule has 0 amide bonds. The fourth-order valence-corrected chi connectivity index (χ4v) is 0.577. The van der Waals surface area contributed by atoms with E-state index in [2.05, 4.69) is 11.2 Å². The van der Waals surface area contributed by atoms with Crippen LogP contribution in [0.5, 0.6) is 0 Å². The third kappa shape index (κ3) is 1.42. The van der Waals surface area contributed by atoms with E-state index in [9.17, 15) is 0 Å². The number of hydrogen-bond donors (Lipinski definition) is 0. The second-order valence-corrected chi connectivity index (χ2v) is 2.04. The number of rotatable bonds is 1. The van der Waals surface area contributed by atoms with Gasteiger partial charge in [-0.1, -0.05) is 0 Å². The van der Waals surface area contributed by atoms with Crippen molar-refractivity contribution < 1.29 is 0 Å². The zero-order valence-corrected chi connectivity index (χ0v) is 5.63. The summed E-state index contributed by atoms with van der Waals surface area (Å²) in [7, 11) is 3.97. The highest BCUT2D eigenvalue weighted by Crippen LogP contribution is 2.04. The Balaban J connectivity index is 2.85. The number of hydrogen-bond acceptors (Lipinski definition) is 2. The molecule has 2 heteroatoms. The largest absolute Gasteiger partial charge is 0.376 e. The van der Waals surface area contributed by atoms with Gasteiger partial charge in [-0.2, -0.15) is 0 Å². The van der Waals surface area contributed by atoms with Crippen LogP contribution in [-0.4, -0.2) is 19.1 Å². The monoisotopic (exact) mass is 121 g/mol. The van der Waals surface area contributed by atoms with Crippen molar-refractivity contribution in [3.05, 3.63) is 24.5 Å². The van der Waals surface area contributed by atoms with E-state index in [-0.39, 0.29) is 0 Å². The summed E-state index contributed by atoms with van der Waals surface area (Å²) in [5.41, 5.74) is 1.11. The third-order valence-corrected chi connectivity index (χ3v) is 1.12. The molecule has 0 bridgehead atoms. The van der Waals surface area contributed by atoms with Crippen molar-refractivity contribution in [2.24, 2.45) is 0 Å². The summed E-state index contributed by atoms with van der Waals surface area (Å²) < 4.78 is 0. The van der Waals surface area contributed by atoms with Gasteiger partial charge < -0.3 is 4.90 Å². The van der Waals surface area contributed by atoms with Gasteiger partial charge in [0, 0.05) is 14.1 Å². The quantitative estimate of drug-likeness (QED) is 0.550. The fraction of sp³-hybridized carbons (Fsp3) is 0.286. The number of pyridine rings is 1. The number of aromatic nitrogens is 1. The standard InChI is InChI=1S/C7H9N2/c1-9(2)7-4-3-5-8-6-7/h3-4,6H,1-2H3. The lowest BCUT2D eigenvalue weighted by Crippen LogP contribution is -2.08. The van der Waals surface area contributed by atoms with Crippen LogP contribution >= 0.6 is 0 Å². The van der Waals surface area contributed by atoms with Gasteiger partial charge in [0.25, 0.3) is 0 Å². The van der Waals surface area contributed by atoms with E-state index >= 15 is 0 Å². The highest BCUT2D eigenvalue weighted by atomic mass is 15.1. The molecule has 47 valence electrons. The van der Waals surface area contributed by atoms with Crippen molar-refractivity contribution in [3.8, 4) is 0 Å². The van der Waals surface area contributed by atoms with E-state index < -0.39 is 0 Å². The third-order valence-electron chi connectivity index (χ3n) is 1.12. The Kier molecular flexibility index (Phi) is 1.68. The van der Waals surface area contributed by atoms with E-state index in [4.69, 9.17) is 0 Å². The molecule has 9 heavy (non-hydrogen) atoms. The van der Waals surface area contributed by atoms with Crippen molar-refractivity contribution in [2.75, 3.05) is 19.0 Å². The molecule has 0 fully saturated rings. The molecule has 0 atom stereocenters. The summed E-state index contributed by atoms with van der Waals surface area (Å²) in [5, 5.41) is 0. The molecule has 1 aromatic rings. The van der Waals surface area contributed by atoms with E-state index in [0.717, 1.165) is 5.69 Å². The maximum absolute atomic E-state index is 3.84. The number of anilines is 1. The van der Waals surface area contributed by atoms with Crippen LogP contribution in [0, 0.1) is 6.20 Å². The van der Waals surface area contributed by atoms with Crippen LogP contribution in [0.1, 0.15) is 0 Å². The molecule has 0 aromatic carbocycles. The van der Waals surface area contributed by atoms with Crippen molar-refractivity contribution in [1.29, 1.82) is 0 Å². The minimum absolute atomic E-state index is 1.11. The maximum Gasteiger partial charge on any atom is 0.0887 e. The molecule has 1 rings (SSSR count). The fourth-order valence-electron chi connectivity index (χ4n) is 0.577. The minimum Gasteiger partial charge on any atom is -0.376 e. The van der Waals surface area contributed by atoms with Crippen LogP contribution in [0.4, 0.5) is 5.69 Å². The Bertz CT molecular complexity index is 170. The predicted molar refractivity (Wildman–Crippen MR) is 37.4 cm³/mol. The molecule has 0 saturated heterocycles. The van der Waals surface area contributed by atoms with Crippen molar-refractivity contribution >= 4 is 5.69 Å². The van der Waals surface area contributed by atoms with Crippen molar-refractivity contribution in [1.82, 2.24) is 4.98 Å². The smallest absolute Gasteiger partial charge is 0.0887 e. The van der Waals surface area contributed by atoms with Gasteiger partial charge in [0.2, 0.25) is 0 Å². The Hall–Kier alpha value is -1.05. The first-order valence-corrected chi connectivity index (χ1v) is 2.80. The minimum atomic E-state index is 1.11. The van der Waals surface area contributed by atoms with Gasteiger partial charge in [0.15, 0.2) is 0 Å². The van der Waals surface area contributed by atoms with Gasteiger partial charge in [-0.25, -0.2) is 0 Å². The highest BCUT2D eigenvalue weighted by Gasteiger charge is 1.89. The average molecular weight is 121 g/mol.